The van der Waals surface area contributed by atoms with Gasteiger partial charge in [-0.2, -0.15) is 0 Å². The summed E-state index contributed by atoms with van der Waals surface area (Å²) in [4.78, 5) is 71.9. The summed E-state index contributed by atoms with van der Waals surface area (Å²) in [6.07, 6.45) is 7.26. The number of para-hydroxylation sites is 1. The molecular weight excluding hydrogens is 808 g/mol. The average molecular weight is 865 g/mol. The van der Waals surface area contributed by atoms with Crippen molar-refractivity contribution in [2.24, 2.45) is 30.5 Å². The molecule has 4 N–H and O–H groups in total. The van der Waals surface area contributed by atoms with E-state index in [0.29, 0.717) is 53.2 Å². The highest BCUT2D eigenvalue weighted by atomic mass is 19.1. The van der Waals surface area contributed by atoms with Crippen LogP contribution in [0.5, 0.6) is 11.6 Å². The van der Waals surface area contributed by atoms with Crippen LogP contribution in [0.25, 0.3) is 21.8 Å². The number of hydrogen-bond acceptors (Lipinski definition) is 10. The van der Waals surface area contributed by atoms with E-state index in [-0.39, 0.29) is 47.7 Å². The van der Waals surface area contributed by atoms with Crippen molar-refractivity contribution in [3.8, 4) is 23.5 Å². The van der Waals surface area contributed by atoms with Crippen LogP contribution >= 0.6 is 0 Å². The number of rotatable bonds is 12. The van der Waals surface area contributed by atoms with Gasteiger partial charge < -0.3 is 25.4 Å². The number of imidazole rings is 1. The van der Waals surface area contributed by atoms with Crippen molar-refractivity contribution in [3.63, 3.8) is 0 Å². The van der Waals surface area contributed by atoms with Gasteiger partial charge in [-0.25, -0.2) is 14.2 Å². The summed E-state index contributed by atoms with van der Waals surface area (Å²) in [6.45, 7) is 5.49. The maximum absolute atomic E-state index is 14.5. The van der Waals surface area contributed by atoms with Crippen LogP contribution in [-0.2, 0) is 28.0 Å². The minimum atomic E-state index is -1.58. The topological polar surface area (TPSA) is 183 Å². The van der Waals surface area contributed by atoms with E-state index in [4.69, 9.17) is 15.2 Å². The van der Waals surface area contributed by atoms with E-state index in [2.05, 4.69) is 50.4 Å². The zero-order chi connectivity index (χ0) is 44.5. The molecule has 3 aliphatic heterocycles. The Morgan fingerprint density at radius 3 is 2.49 bits per heavy atom. The summed E-state index contributed by atoms with van der Waals surface area (Å²) in [5.74, 6) is 5.65. The molecule has 2 aromatic heterocycles. The second-order valence-electron chi connectivity index (χ2n) is 17.7. The lowest BCUT2D eigenvalue weighted by Gasteiger charge is -2.39. The summed E-state index contributed by atoms with van der Waals surface area (Å²) in [5.41, 5.74) is 8.91. The first kappa shape index (κ1) is 43.8. The molecule has 4 atom stereocenters. The molecule has 15 nitrogen and oxygen atoms in total. The highest BCUT2D eigenvalue weighted by Gasteiger charge is 2.42. The second-order valence-corrected chi connectivity index (χ2v) is 17.7. The third-order valence-electron chi connectivity index (χ3n) is 13.9. The summed E-state index contributed by atoms with van der Waals surface area (Å²) < 4.78 is 29.2. The number of likely N-dealkylation sites (tertiary alicyclic amines) is 1. The van der Waals surface area contributed by atoms with Crippen molar-refractivity contribution in [1.29, 1.82) is 0 Å². The van der Waals surface area contributed by atoms with Crippen LogP contribution in [0.3, 0.4) is 0 Å². The van der Waals surface area contributed by atoms with E-state index in [9.17, 15) is 28.4 Å². The molecular formula is C47H57FN8O7. The molecule has 5 heterocycles. The van der Waals surface area contributed by atoms with Gasteiger partial charge in [0.05, 0.1) is 35.3 Å². The Morgan fingerprint density at radius 2 is 1.79 bits per heavy atom. The van der Waals surface area contributed by atoms with Crippen molar-refractivity contribution in [2.75, 3.05) is 40.4 Å². The Hall–Kier alpha value is -5.79. The number of imide groups is 1. The van der Waals surface area contributed by atoms with Crippen LogP contribution in [0.2, 0.25) is 0 Å². The molecule has 0 radical (unpaired) electrons. The number of methoxy groups -OCH3 is 1. The van der Waals surface area contributed by atoms with Gasteiger partial charge in [-0.05, 0) is 101 Å². The first-order valence-electron chi connectivity index (χ1n) is 22.2. The van der Waals surface area contributed by atoms with Crippen molar-refractivity contribution < 1.29 is 33.0 Å². The quantitative estimate of drug-likeness (QED) is 0.139. The number of carbonyl (C=O) groups is 4. The number of fused-ring (bicyclic) bond motifs is 2. The van der Waals surface area contributed by atoms with Crippen molar-refractivity contribution >= 4 is 45.4 Å². The molecule has 4 fully saturated rings. The highest BCUT2D eigenvalue weighted by molar-refractivity contribution is 6.03. The standard InChI is InChI=1S/C47H57FN8O7/c1-5-32-36(51-45(60)41(32)48)26-63-46-34-22-39(62-4)35(43(49)58)21-33(34)29(23-50-46)14-13-27-9-11-28(12-10-27)24-53(2)31-17-19-55(20-18-31)25-30-7-6-8-37-42(30)54(3)47(61)56(37)38-15-16-40(57)52-44(38)59/h6-8,21-23,27-28,31-32,36,38,41H,5,9-12,15-20,24-26H2,1-4H3,(H2,49,58)(H,51,60)(H,52,57,59)/t27-,28-,32-,36+,38?,41-/m0/s1. The van der Waals surface area contributed by atoms with Gasteiger partial charge in [0.2, 0.25) is 17.7 Å². The number of alkyl halides is 1. The molecule has 1 unspecified atom stereocenters. The van der Waals surface area contributed by atoms with Gasteiger partial charge in [0.1, 0.15) is 18.4 Å². The number of primary amides is 1. The maximum atomic E-state index is 14.5. The van der Waals surface area contributed by atoms with E-state index in [1.54, 1.807) is 34.5 Å². The summed E-state index contributed by atoms with van der Waals surface area (Å²) in [5, 5.41) is 6.29. The Balaban J connectivity index is 0.864. The van der Waals surface area contributed by atoms with Gasteiger partial charge in [0.25, 0.3) is 11.8 Å². The van der Waals surface area contributed by atoms with Gasteiger partial charge in [-0.15, -0.1) is 0 Å². The largest absolute Gasteiger partial charge is 0.496 e. The van der Waals surface area contributed by atoms with Gasteiger partial charge in [0.15, 0.2) is 6.17 Å². The lowest BCUT2D eigenvalue weighted by molar-refractivity contribution is -0.135. The second kappa shape index (κ2) is 18.5. The number of ether oxygens (including phenoxy) is 2. The molecule has 2 aromatic carbocycles. The summed E-state index contributed by atoms with van der Waals surface area (Å²) in [7, 11) is 5.44. The first-order valence-corrected chi connectivity index (χ1v) is 22.2. The molecule has 0 bridgehead atoms. The zero-order valence-electron chi connectivity index (χ0n) is 36.5. The van der Waals surface area contributed by atoms with Crippen molar-refractivity contribution in [3.05, 3.63) is 63.7 Å². The first-order chi connectivity index (χ1) is 30.3. The molecule has 4 amide bonds. The molecule has 8 rings (SSSR count). The van der Waals surface area contributed by atoms with Crippen molar-refractivity contribution in [1.82, 2.24) is 34.6 Å². The fraction of sp³-hybridized carbons (Fsp3) is 0.532. The smallest absolute Gasteiger partial charge is 0.329 e. The molecule has 4 aromatic rings. The highest BCUT2D eigenvalue weighted by Crippen LogP contribution is 2.35. The third kappa shape index (κ3) is 8.90. The predicted octanol–water partition coefficient (Wildman–Crippen LogP) is 3.97. The molecule has 3 saturated heterocycles. The number of nitrogens with zero attached hydrogens (tertiary/aromatic N) is 5. The SMILES string of the molecule is CC[C@@H]1[C@H](F)C(=O)N[C@@H]1COc1ncc(C#C[C@H]2CC[C@H](CN(C)C3CCN(Cc4cccc5c4n(C)c(=O)n5C4CCC(=O)NC4=O)CC3)CC2)c2cc(C(N)=O)c(OC)cc12. The number of pyridine rings is 1. The van der Waals surface area contributed by atoms with Gasteiger partial charge in [-0.3, -0.25) is 38.5 Å². The number of benzene rings is 2. The van der Waals surface area contributed by atoms with Crippen LogP contribution < -0.4 is 31.5 Å². The zero-order valence-corrected chi connectivity index (χ0v) is 36.5. The summed E-state index contributed by atoms with van der Waals surface area (Å²) in [6, 6.07) is 8.48. The van der Waals surface area contributed by atoms with Crippen LogP contribution in [-0.4, -0.2) is 106 Å². The number of nitrogens with two attached hydrogens (primary N) is 1. The van der Waals surface area contributed by atoms with Crippen LogP contribution in [0, 0.1) is 29.6 Å². The van der Waals surface area contributed by atoms with E-state index in [0.717, 1.165) is 69.2 Å². The van der Waals surface area contributed by atoms with Crippen LogP contribution in [0.4, 0.5) is 4.39 Å². The fourth-order valence-corrected chi connectivity index (χ4v) is 10.3. The van der Waals surface area contributed by atoms with Gasteiger partial charge in [-0.1, -0.05) is 30.9 Å². The minimum absolute atomic E-state index is 0.0309. The number of aromatic nitrogens is 3. The number of carbonyl (C=O) groups excluding carboxylic acids is 4. The minimum Gasteiger partial charge on any atom is -0.496 e. The fourth-order valence-electron chi connectivity index (χ4n) is 10.3. The molecule has 334 valence electrons. The molecule has 1 aliphatic carbocycles. The van der Waals surface area contributed by atoms with Crippen molar-refractivity contribution in [2.45, 2.75) is 95.6 Å². The maximum Gasteiger partial charge on any atom is 0.329 e. The van der Waals surface area contributed by atoms with Gasteiger partial charge in [0, 0.05) is 61.4 Å². The van der Waals surface area contributed by atoms with E-state index < -0.39 is 41.9 Å². The molecule has 0 spiro atoms. The number of amides is 4. The number of hydrogen-bond donors (Lipinski definition) is 3. The summed E-state index contributed by atoms with van der Waals surface area (Å²) >= 11 is 0. The normalized spacial score (nSPS) is 24.6. The Morgan fingerprint density at radius 1 is 1.03 bits per heavy atom. The van der Waals surface area contributed by atoms with Crippen LogP contribution in [0.1, 0.15) is 92.2 Å². The Kier molecular flexibility index (Phi) is 12.9. The Bertz CT molecular complexity index is 2550. The van der Waals surface area contributed by atoms with E-state index in [1.165, 1.54) is 7.11 Å². The monoisotopic (exact) mass is 864 g/mol. The molecule has 1 saturated carbocycles. The lowest BCUT2D eigenvalue weighted by Crippen LogP contribution is -2.44. The number of aryl methyl sites for hydroxylation is 1. The number of halogens is 1. The average Bonchev–Trinajstić information content (AvgIpc) is 3.70. The number of nitrogens with one attached hydrogen (secondary N) is 2. The van der Waals surface area contributed by atoms with E-state index >= 15 is 0 Å². The lowest BCUT2D eigenvalue weighted by atomic mass is 9.81. The molecule has 63 heavy (non-hydrogen) atoms. The van der Waals surface area contributed by atoms with E-state index in [1.807, 2.05) is 19.1 Å². The van der Waals surface area contributed by atoms with Crippen LogP contribution in [0.15, 0.2) is 41.3 Å². The Labute approximate surface area is 365 Å². The number of piperidine rings is 2. The molecule has 4 aliphatic rings. The van der Waals surface area contributed by atoms with Gasteiger partial charge >= 0.3 is 5.69 Å². The predicted molar refractivity (Wildman–Crippen MR) is 235 cm³/mol. The third-order valence-corrected chi connectivity index (χ3v) is 13.9. The molecule has 16 heteroatoms.